The molecule has 1 aliphatic heterocycles. The van der Waals surface area contributed by atoms with E-state index in [0.717, 1.165) is 0 Å². The molecular formula is C12H18N2O5S. The van der Waals surface area contributed by atoms with E-state index in [0.29, 0.717) is 18.1 Å². The molecule has 0 saturated carbocycles. The molecule has 0 amide bonds. The maximum absolute atomic E-state index is 12.4. The Hall–Kier alpha value is -1.25. The van der Waals surface area contributed by atoms with E-state index in [9.17, 15) is 13.2 Å². The van der Waals surface area contributed by atoms with Crippen LogP contribution < -0.4 is 0 Å². The second-order valence-corrected chi connectivity index (χ2v) is 6.85. The lowest BCUT2D eigenvalue weighted by atomic mass is 10.1. The number of carbonyl (C=O) groups excluding carboxylic acids is 1. The zero-order valence-corrected chi connectivity index (χ0v) is 12.4. The largest absolute Gasteiger partial charge is 0.378 e. The molecular weight excluding hydrogens is 284 g/mol. The van der Waals surface area contributed by atoms with Gasteiger partial charge in [0.05, 0.1) is 19.3 Å². The lowest BCUT2D eigenvalue weighted by molar-refractivity contribution is -0.118. The van der Waals surface area contributed by atoms with E-state index < -0.39 is 16.1 Å². The molecule has 1 aromatic rings. The van der Waals surface area contributed by atoms with E-state index >= 15 is 0 Å². The van der Waals surface area contributed by atoms with Gasteiger partial charge in [0.25, 0.3) is 0 Å². The van der Waals surface area contributed by atoms with Gasteiger partial charge in [-0.1, -0.05) is 5.16 Å². The molecule has 1 aromatic heterocycles. The first-order chi connectivity index (χ1) is 9.38. The molecule has 1 saturated heterocycles. The summed E-state index contributed by atoms with van der Waals surface area (Å²) < 4.78 is 36.4. The standard InChI is InChI=1S/C12H18N2O5S/c1-9(15)5-12-7-18-4-3-14(12)20(16,17)8-11-6-10(2)19-13-11/h6,12H,3-5,7-8H2,1-2H3. The van der Waals surface area contributed by atoms with Crippen LogP contribution in [-0.2, 0) is 25.3 Å². The first kappa shape index (κ1) is 15.1. The van der Waals surface area contributed by atoms with Crippen LogP contribution >= 0.6 is 0 Å². The summed E-state index contributed by atoms with van der Waals surface area (Å²) in [7, 11) is -3.54. The third-order valence-corrected chi connectivity index (χ3v) is 4.92. The molecule has 0 radical (unpaired) electrons. The molecule has 112 valence electrons. The smallest absolute Gasteiger partial charge is 0.220 e. The number of ketones is 1. The quantitative estimate of drug-likeness (QED) is 0.786. The number of rotatable bonds is 5. The third kappa shape index (κ3) is 3.65. The van der Waals surface area contributed by atoms with Crippen molar-refractivity contribution in [1.82, 2.24) is 9.46 Å². The third-order valence-electron chi connectivity index (χ3n) is 3.06. The Labute approximate surface area is 117 Å². The summed E-state index contributed by atoms with van der Waals surface area (Å²) in [5.41, 5.74) is 0.371. The Bertz CT molecular complexity index is 580. The molecule has 7 nitrogen and oxygen atoms in total. The van der Waals surface area contributed by atoms with Crippen LogP contribution in [0.5, 0.6) is 0 Å². The topological polar surface area (TPSA) is 89.7 Å². The first-order valence-electron chi connectivity index (χ1n) is 6.37. The van der Waals surface area contributed by atoms with Crippen molar-refractivity contribution in [2.24, 2.45) is 0 Å². The number of aryl methyl sites for hydroxylation is 1. The molecule has 20 heavy (non-hydrogen) atoms. The van der Waals surface area contributed by atoms with Crippen LogP contribution in [0.3, 0.4) is 0 Å². The van der Waals surface area contributed by atoms with Gasteiger partial charge in [0.1, 0.15) is 23.0 Å². The van der Waals surface area contributed by atoms with E-state index in [1.54, 1.807) is 13.0 Å². The minimum atomic E-state index is -3.54. The van der Waals surface area contributed by atoms with Gasteiger partial charge in [0.15, 0.2) is 0 Å². The molecule has 1 fully saturated rings. The number of morpholine rings is 1. The number of ether oxygens (including phenoxy) is 1. The summed E-state index contributed by atoms with van der Waals surface area (Å²) in [4.78, 5) is 11.2. The van der Waals surface area contributed by atoms with Crippen molar-refractivity contribution in [3.63, 3.8) is 0 Å². The molecule has 2 rings (SSSR count). The highest BCUT2D eigenvalue weighted by atomic mass is 32.2. The second kappa shape index (κ2) is 6.02. The van der Waals surface area contributed by atoms with Crippen LogP contribution in [0.2, 0.25) is 0 Å². The van der Waals surface area contributed by atoms with Crippen LogP contribution in [-0.4, -0.2) is 49.5 Å². The van der Waals surface area contributed by atoms with E-state index in [2.05, 4.69) is 5.16 Å². The van der Waals surface area contributed by atoms with Crippen molar-refractivity contribution >= 4 is 15.8 Å². The molecule has 1 unspecified atom stereocenters. The lowest BCUT2D eigenvalue weighted by Crippen LogP contribution is -2.49. The van der Waals surface area contributed by atoms with Gasteiger partial charge in [-0.3, -0.25) is 4.79 Å². The molecule has 1 aliphatic rings. The van der Waals surface area contributed by atoms with Gasteiger partial charge in [0, 0.05) is 19.0 Å². The number of Topliss-reactive ketones (excluding diaryl/α,β-unsaturated/α-hetero) is 1. The number of hydrogen-bond acceptors (Lipinski definition) is 6. The zero-order valence-electron chi connectivity index (χ0n) is 11.5. The Balaban J connectivity index is 2.15. The van der Waals surface area contributed by atoms with Crippen LogP contribution in [0, 0.1) is 6.92 Å². The number of sulfonamides is 1. The minimum absolute atomic E-state index is 0.0574. The summed E-state index contributed by atoms with van der Waals surface area (Å²) in [6.07, 6.45) is 0.164. The molecule has 0 bridgehead atoms. The van der Waals surface area contributed by atoms with Gasteiger partial charge in [-0.25, -0.2) is 8.42 Å². The molecule has 2 heterocycles. The van der Waals surface area contributed by atoms with Crippen molar-refractivity contribution < 1.29 is 22.5 Å². The lowest BCUT2D eigenvalue weighted by Gasteiger charge is -2.33. The molecule has 0 N–H and O–H groups in total. The number of hydrogen-bond donors (Lipinski definition) is 0. The predicted molar refractivity (Wildman–Crippen MR) is 70.5 cm³/mol. The Morgan fingerprint density at radius 3 is 2.90 bits per heavy atom. The average molecular weight is 302 g/mol. The van der Waals surface area contributed by atoms with E-state index in [1.165, 1.54) is 11.2 Å². The van der Waals surface area contributed by atoms with Crippen LogP contribution in [0.1, 0.15) is 24.8 Å². The van der Waals surface area contributed by atoms with Crippen LogP contribution in [0.15, 0.2) is 10.6 Å². The summed E-state index contributed by atoms with van der Waals surface area (Å²) in [6.45, 7) is 4.00. The predicted octanol–water partition coefficient (Wildman–Crippen LogP) is 0.493. The minimum Gasteiger partial charge on any atom is -0.378 e. The second-order valence-electron chi connectivity index (χ2n) is 4.93. The molecule has 8 heteroatoms. The van der Waals surface area contributed by atoms with Crippen LogP contribution in [0.25, 0.3) is 0 Å². The molecule has 0 aliphatic carbocycles. The van der Waals surface area contributed by atoms with Gasteiger partial charge in [-0.2, -0.15) is 4.31 Å². The van der Waals surface area contributed by atoms with Gasteiger partial charge < -0.3 is 9.26 Å². The van der Waals surface area contributed by atoms with Crippen LogP contribution in [0.4, 0.5) is 0 Å². The maximum atomic E-state index is 12.4. The van der Waals surface area contributed by atoms with Crippen molar-refractivity contribution in [1.29, 1.82) is 0 Å². The monoisotopic (exact) mass is 302 g/mol. The highest BCUT2D eigenvalue weighted by Gasteiger charge is 2.34. The van der Waals surface area contributed by atoms with Gasteiger partial charge >= 0.3 is 0 Å². The molecule has 1 atom stereocenters. The summed E-state index contributed by atoms with van der Waals surface area (Å²) in [6, 6.07) is 1.16. The van der Waals surface area contributed by atoms with Gasteiger partial charge in [0.2, 0.25) is 10.0 Å². The van der Waals surface area contributed by atoms with E-state index in [4.69, 9.17) is 9.26 Å². The number of aromatic nitrogens is 1. The highest BCUT2D eigenvalue weighted by Crippen LogP contribution is 2.19. The van der Waals surface area contributed by atoms with Gasteiger partial charge in [-0.05, 0) is 13.8 Å². The fourth-order valence-electron chi connectivity index (χ4n) is 2.25. The van der Waals surface area contributed by atoms with Gasteiger partial charge in [-0.15, -0.1) is 0 Å². The fourth-order valence-corrected chi connectivity index (χ4v) is 3.87. The molecule has 0 aromatic carbocycles. The summed E-state index contributed by atoms with van der Waals surface area (Å²) >= 11 is 0. The van der Waals surface area contributed by atoms with Crippen molar-refractivity contribution in [3.05, 3.63) is 17.5 Å². The van der Waals surface area contributed by atoms with Crippen molar-refractivity contribution in [2.75, 3.05) is 19.8 Å². The zero-order chi connectivity index (χ0) is 14.8. The SMILES string of the molecule is CC(=O)CC1COCCN1S(=O)(=O)Cc1cc(C)on1. The Morgan fingerprint density at radius 1 is 1.55 bits per heavy atom. The molecule has 0 spiro atoms. The number of carbonyl (C=O) groups is 1. The van der Waals surface area contributed by atoms with E-state index in [-0.39, 0.29) is 31.1 Å². The first-order valence-corrected chi connectivity index (χ1v) is 7.98. The maximum Gasteiger partial charge on any atom is 0.220 e. The van der Waals surface area contributed by atoms with Crippen molar-refractivity contribution in [2.45, 2.75) is 32.1 Å². The normalized spacial score (nSPS) is 21.0. The highest BCUT2D eigenvalue weighted by molar-refractivity contribution is 7.88. The Morgan fingerprint density at radius 2 is 2.30 bits per heavy atom. The van der Waals surface area contributed by atoms with E-state index in [1.807, 2.05) is 0 Å². The number of nitrogens with zero attached hydrogens (tertiary/aromatic N) is 2. The summed E-state index contributed by atoms with van der Waals surface area (Å²) in [5, 5.41) is 3.70. The van der Waals surface area contributed by atoms with Crippen molar-refractivity contribution in [3.8, 4) is 0 Å². The Kier molecular flexibility index (Phi) is 4.56. The summed E-state index contributed by atoms with van der Waals surface area (Å²) in [5.74, 6) is 0.286. The average Bonchev–Trinajstić information content (AvgIpc) is 2.73. The fraction of sp³-hybridized carbons (Fsp3) is 0.667.